The van der Waals surface area contributed by atoms with E-state index in [1.54, 1.807) is 18.9 Å². The molecule has 2 aliphatic heterocycles. The van der Waals surface area contributed by atoms with Crippen molar-refractivity contribution in [3.63, 3.8) is 0 Å². The van der Waals surface area contributed by atoms with E-state index in [0.717, 1.165) is 43.8 Å². The minimum atomic E-state index is -4.56. The van der Waals surface area contributed by atoms with Crippen molar-refractivity contribution in [1.29, 1.82) is 0 Å². The number of benzene rings is 2. The van der Waals surface area contributed by atoms with E-state index in [-0.39, 0.29) is 16.7 Å². The molecule has 0 amide bonds. The van der Waals surface area contributed by atoms with Crippen LogP contribution in [0.2, 0.25) is 0 Å². The standard InChI is InChI=1S/C27H27F3N2O4.C4H4O4/c1-16-22(25(33)34)23(18-7-9-20(10-8-18)27(28,29)30)24(26(35)36)21(31(16)2)12-14-32-13-11-17-5-3-4-6-19(17)15-32;5-3(6)1-2-4(7)8/h3-10,23H,11-15H2,1-2H3,(H,33,34)(H,35,36);1-2H,(H,5,6)(H,7,8)/b;2-1+. The number of rotatable bonds is 8. The summed E-state index contributed by atoms with van der Waals surface area (Å²) in [6.07, 6.45) is -2.21. The molecule has 2 aromatic carbocycles. The third-order valence-electron chi connectivity index (χ3n) is 7.46. The topological polar surface area (TPSA) is 156 Å². The van der Waals surface area contributed by atoms with Crippen molar-refractivity contribution in [3.05, 3.63) is 105 Å². The number of nitrogens with zero attached hydrogens (tertiary/aromatic N) is 2. The molecule has 0 spiro atoms. The first-order chi connectivity index (χ1) is 20.6. The van der Waals surface area contributed by atoms with Crippen LogP contribution >= 0.6 is 0 Å². The Morgan fingerprint density at radius 3 is 1.91 bits per heavy atom. The average molecular weight is 617 g/mol. The zero-order valence-electron chi connectivity index (χ0n) is 23.8. The second-order valence-corrected chi connectivity index (χ2v) is 10.1. The lowest BCUT2D eigenvalue weighted by Crippen LogP contribution is -2.36. The number of alkyl halides is 3. The van der Waals surface area contributed by atoms with Crippen LogP contribution < -0.4 is 0 Å². The van der Waals surface area contributed by atoms with Crippen molar-refractivity contribution >= 4 is 23.9 Å². The van der Waals surface area contributed by atoms with Gasteiger partial charge in [0.2, 0.25) is 0 Å². The lowest BCUT2D eigenvalue weighted by Gasteiger charge is -2.37. The predicted molar refractivity (Wildman–Crippen MR) is 151 cm³/mol. The van der Waals surface area contributed by atoms with Crippen LogP contribution in [0.25, 0.3) is 0 Å². The summed E-state index contributed by atoms with van der Waals surface area (Å²) in [5, 5.41) is 35.8. The van der Waals surface area contributed by atoms with E-state index < -0.39 is 41.5 Å². The van der Waals surface area contributed by atoms with Gasteiger partial charge in [-0.3, -0.25) is 4.90 Å². The maximum Gasteiger partial charge on any atom is 0.416 e. The summed E-state index contributed by atoms with van der Waals surface area (Å²) in [6.45, 7) is 3.69. The van der Waals surface area contributed by atoms with Gasteiger partial charge < -0.3 is 25.3 Å². The quantitative estimate of drug-likeness (QED) is 0.310. The van der Waals surface area contributed by atoms with Crippen molar-refractivity contribution in [2.24, 2.45) is 0 Å². The van der Waals surface area contributed by atoms with Gasteiger partial charge in [0.25, 0.3) is 0 Å². The molecule has 234 valence electrons. The number of fused-ring (bicyclic) bond motifs is 1. The second-order valence-electron chi connectivity index (χ2n) is 10.1. The molecule has 0 saturated heterocycles. The Labute approximate surface area is 250 Å². The van der Waals surface area contributed by atoms with Gasteiger partial charge in [0.05, 0.1) is 22.6 Å². The number of allylic oxidation sites excluding steroid dienone is 1. The molecule has 0 aliphatic carbocycles. The van der Waals surface area contributed by atoms with Crippen LogP contribution in [-0.4, -0.2) is 74.2 Å². The molecule has 1 atom stereocenters. The molecule has 10 nitrogen and oxygen atoms in total. The zero-order valence-corrected chi connectivity index (χ0v) is 23.8. The van der Waals surface area contributed by atoms with Crippen molar-refractivity contribution in [2.45, 2.75) is 38.4 Å². The van der Waals surface area contributed by atoms with Crippen LogP contribution in [0.5, 0.6) is 0 Å². The zero-order chi connectivity index (χ0) is 32.8. The Bertz CT molecular complexity index is 1510. The van der Waals surface area contributed by atoms with E-state index >= 15 is 0 Å². The van der Waals surface area contributed by atoms with Crippen LogP contribution in [0.3, 0.4) is 0 Å². The maximum atomic E-state index is 13.1. The summed E-state index contributed by atoms with van der Waals surface area (Å²) in [7, 11) is 1.63. The van der Waals surface area contributed by atoms with E-state index in [1.807, 2.05) is 12.1 Å². The van der Waals surface area contributed by atoms with Crippen LogP contribution in [0, 0.1) is 0 Å². The van der Waals surface area contributed by atoms with Gasteiger partial charge in [-0.25, -0.2) is 19.2 Å². The molecule has 0 radical (unpaired) electrons. The van der Waals surface area contributed by atoms with Crippen molar-refractivity contribution in [3.8, 4) is 0 Å². The molecule has 4 N–H and O–H groups in total. The summed E-state index contributed by atoms with van der Waals surface area (Å²) in [5.41, 5.74) is 2.34. The SMILES string of the molecule is CC1=C(C(=O)O)C(c2ccc(C(F)(F)F)cc2)C(C(=O)O)=C(CCN2CCc3ccccc3C2)N1C.O=C(O)/C=C/C(=O)O. The third-order valence-corrected chi connectivity index (χ3v) is 7.46. The minimum Gasteiger partial charge on any atom is -0.478 e. The minimum absolute atomic E-state index is 0.127. The van der Waals surface area contributed by atoms with Gasteiger partial charge in [-0.1, -0.05) is 36.4 Å². The molecule has 0 saturated carbocycles. The van der Waals surface area contributed by atoms with Crippen LogP contribution in [0.15, 0.2) is 83.2 Å². The van der Waals surface area contributed by atoms with E-state index in [9.17, 15) is 42.6 Å². The summed E-state index contributed by atoms with van der Waals surface area (Å²) in [5.74, 6) is -6.32. The molecule has 2 aliphatic rings. The van der Waals surface area contributed by atoms with Gasteiger partial charge in [-0.2, -0.15) is 13.2 Å². The first kappa shape index (κ1) is 33.6. The van der Waals surface area contributed by atoms with Gasteiger partial charge >= 0.3 is 30.1 Å². The highest BCUT2D eigenvalue weighted by Crippen LogP contribution is 2.43. The number of halogens is 3. The fourth-order valence-electron chi connectivity index (χ4n) is 5.26. The maximum absolute atomic E-state index is 13.1. The Hall–Kier alpha value is -4.91. The summed E-state index contributed by atoms with van der Waals surface area (Å²) in [6, 6.07) is 12.2. The van der Waals surface area contributed by atoms with Crippen LogP contribution in [0.1, 0.15) is 41.5 Å². The number of hydrogen-bond acceptors (Lipinski definition) is 6. The summed E-state index contributed by atoms with van der Waals surface area (Å²) >= 11 is 0. The van der Waals surface area contributed by atoms with Crippen molar-refractivity contribution < 1.29 is 52.8 Å². The molecule has 44 heavy (non-hydrogen) atoms. The van der Waals surface area contributed by atoms with E-state index in [0.29, 0.717) is 36.5 Å². The number of carbonyl (C=O) groups is 4. The van der Waals surface area contributed by atoms with Gasteiger partial charge in [-0.05, 0) is 42.2 Å². The second kappa shape index (κ2) is 14.0. The molecule has 2 heterocycles. The van der Waals surface area contributed by atoms with E-state index in [4.69, 9.17) is 10.2 Å². The molecule has 0 fully saturated rings. The van der Waals surface area contributed by atoms with Gasteiger partial charge in [0.15, 0.2) is 0 Å². The van der Waals surface area contributed by atoms with Crippen LogP contribution in [-0.2, 0) is 38.3 Å². The molecule has 0 aromatic heterocycles. The van der Waals surface area contributed by atoms with Crippen LogP contribution in [0.4, 0.5) is 13.2 Å². The number of hydrogen-bond donors (Lipinski definition) is 4. The number of carboxylic acid groups (broad SMARTS) is 4. The number of aliphatic carboxylic acids is 4. The Kier molecular flexibility index (Phi) is 10.7. The smallest absolute Gasteiger partial charge is 0.416 e. The molecule has 1 unspecified atom stereocenters. The summed E-state index contributed by atoms with van der Waals surface area (Å²) < 4.78 is 39.3. The molecular formula is C31H31F3N2O8. The lowest BCUT2D eigenvalue weighted by atomic mass is 9.79. The first-order valence-corrected chi connectivity index (χ1v) is 13.4. The molecule has 4 rings (SSSR count). The molecule has 0 bridgehead atoms. The van der Waals surface area contributed by atoms with Crippen molar-refractivity contribution in [2.75, 3.05) is 20.1 Å². The van der Waals surface area contributed by atoms with E-state index in [1.165, 1.54) is 11.1 Å². The van der Waals surface area contributed by atoms with Gasteiger partial charge in [-0.15, -0.1) is 0 Å². The fourth-order valence-corrected chi connectivity index (χ4v) is 5.26. The molecule has 13 heteroatoms. The number of carboxylic acids is 4. The Morgan fingerprint density at radius 1 is 0.864 bits per heavy atom. The monoisotopic (exact) mass is 616 g/mol. The largest absolute Gasteiger partial charge is 0.478 e. The highest BCUT2D eigenvalue weighted by molar-refractivity contribution is 5.98. The van der Waals surface area contributed by atoms with Crippen molar-refractivity contribution in [1.82, 2.24) is 9.80 Å². The Morgan fingerprint density at radius 2 is 1.41 bits per heavy atom. The Balaban J connectivity index is 0.000000583. The predicted octanol–water partition coefficient (Wildman–Crippen LogP) is 4.59. The highest BCUT2D eigenvalue weighted by Gasteiger charge is 2.40. The van der Waals surface area contributed by atoms with Gasteiger partial charge in [0.1, 0.15) is 0 Å². The molecular weight excluding hydrogens is 585 g/mol. The lowest BCUT2D eigenvalue weighted by molar-refractivity contribution is -0.138. The normalized spacial score (nSPS) is 17.2. The highest BCUT2D eigenvalue weighted by atomic mass is 19.4. The first-order valence-electron chi connectivity index (χ1n) is 13.4. The average Bonchev–Trinajstić information content (AvgIpc) is 2.96. The molecule has 2 aromatic rings. The summed E-state index contributed by atoms with van der Waals surface area (Å²) in [4.78, 5) is 47.7. The van der Waals surface area contributed by atoms with Gasteiger partial charge in [0, 0.05) is 56.6 Å². The fraction of sp³-hybridized carbons (Fsp3) is 0.290. The third kappa shape index (κ3) is 8.13. The van der Waals surface area contributed by atoms with E-state index in [2.05, 4.69) is 17.0 Å².